The first-order valence-corrected chi connectivity index (χ1v) is 5.07. The molecule has 94 valence electrons. The highest BCUT2D eigenvalue weighted by molar-refractivity contribution is 5.59. The van der Waals surface area contributed by atoms with Crippen molar-refractivity contribution in [3.05, 3.63) is 41.9 Å². The lowest BCUT2D eigenvalue weighted by Gasteiger charge is -2.08. The molecule has 2 N–H and O–H groups in total. The first-order chi connectivity index (χ1) is 8.50. The standard InChI is InChI=1S/C11H9F3N4/c12-11(13,14)8-3-1-2-7(4-8)9-6-16-18-10(5-15)17-9/h1-4,6H,5,15H2. The predicted octanol–water partition coefficient (Wildman–Crippen LogP) is 2.02. The van der Waals surface area contributed by atoms with Crippen LogP contribution in [0.1, 0.15) is 11.4 Å². The molecule has 0 aliphatic rings. The van der Waals surface area contributed by atoms with Gasteiger partial charge in [0.1, 0.15) is 0 Å². The normalized spacial score (nSPS) is 11.6. The van der Waals surface area contributed by atoms with E-state index in [1.807, 2.05) is 0 Å². The van der Waals surface area contributed by atoms with E-state index < -0.39 is 11.7 Å². The van der Waals surface area contributed by atoms with E-state index in [-0.39, 0.29) is 12.4 Å². The van der Waals surface area contributed by atoms with Crippen molar-refractivity contribution >= 4 is 0 Å². The van der Waals surface area contributed by atoms with E-state index in [1.54, 1.807) is 0 Å². The second-order valence-corrected chi connectivity index (χ2v) is 3.54. The molecule has 0 aliphatic carbocycles. The zero-order valence-electron chi connectivity index (χ0n) is 9.15. The van der Waals surface area contributed by atoms with Crippen molar-refractivity contribution in [2.45, 2.75) is 12.7 Å². The molecule has 0 saturated carbocycles. The number of halogens is 3. The minimum absolute atomic E-state index is 0.0831. The van der Waals surface area contributed by atoms with Crippen LogP contribution in [0.5, 0.6) is 0 Å². The maximum absolute atomic E-state index is 12.6. The van der Waals surface area contributed by atoms with Crippen LogP contribution < -0.4 is 5.73 Å². The van der Waals surface area contributed by atoms with Gasteiger partial charge in [0.25, 0.3) is 0 Å². The van der Waals surface area contributed by atoms with Gasteiger partial charge in [-0.25, -0.2) is 4.98 Å². The fourth-order valence-electron chi connectivity index (χ4n) is 1.42. The van der Waals surface area contributed by atoms with Gasteiger partial charge in [-0.1, -0.05) is 12.1 Å². The Balaban J connectivity index is 2.44. The van der Waals surface area contributed by atoms with Crippen LogP contribution >= 0.6 is 0 Å². The summed E-state index contributed by atoms with van der Waals surface area (Å²) in [5.41, 5.74) is 5.27. The van der Waals surface area contributed by atoms with Gasteiger partial charge < -0.3 is 5.73 Å². The van der Waals surface area contributed by atoms with E-state index in [0.717, 1.165) is 12.1 Å². The zero-order valence-corrected chi connectivity index (χ0v) is 9.15. The number of hydrogen-bond acceptors (Lipinski definition) is 4. The second kappa shape index (κ2) is 4.69. The van der Waals surface area contributed by atoms with Gasteiger partial charge in [-0.05, 0) is 12.1 Å². The molecule has 0 radical (unpaired) electrons. The maximum Gasteiger partial charge on any atom is 0.416 e. The lowest BCUT2D eigenvalue weighted by molar-refractivity contribution is -0.137. The van der Waals surface area contributed by atoms with E-state index in [4.69, 9.17) is 5.73 Å². The number of aromatic nitrogens is 3. The van der Waals surface area contributed by atoms with E-state index in [2.05, 4.69) is 15.2 Å². The molecule has 0 bridgehead atoms. The Morgan fingerprint density at radius 3 is 2.67 bits per heavy atom. The Hall–Kier alpha value is -2.02. The van der Waals surface area contributed by atoms with Gasteiger partial charge in [0.05, 0.1) is 24.0 Å². The molecule has 0 unspecified atom stereocenters. The highest BCUT2D eigenvalue weighted by Crippen LogP contribution is 2.31. The lowest BCUT2D eigenvalue weighted by atomic mass is 10.1. The number of nitrogens with zero attached hydrogens (tertiary/aromatic N) is 3. The summed E-state index contributed by atoms with van der Waals surface area (Å²) in [6.45, 7) is 0.0831. The molecule has 0 aliphatic heterocycles. The molecule has 1 heterocycles. The maximum atomic E-state index is 12.6. The van der Waals surface area contributed by atoms with Gasteiger partial charge in [-0.3, -0.25) is 0 Å². The molecular formula is C11H9F3N4. The Kier molecular flexibility index (Phi) is 3.24. The Morgan fingerprint density at radius 1 is 1.22 bits per heavy atom. The van der Waals surface area contributed by atoms with Gasteiger partial charge in [0.2, 0.25) is 0 Å². The molecule has 0 amide bonds. The average Bonchev–Trinajstić information content (AvgIpc) is 2.38. The molecule has 0 atom stereocenters. The summed E-state index contributed by atoms with van der Waals surface area (Å²) in [5.74, 6) is 0.282. The van der Waals surface area contributed by atoms with Crippen molar-refractivity contribution in [3.8, 4) is 11.3 Å². The summed E-state index contributed by atoms with van der Waals surface area (Å²) >= 11 is 0. The van der Waals surface area contributed by atoms with Crippen LogP contribution in [-0.4, -0.2) is 15.2 Å². The van der Waals surface area contributed by atoms with Gasteiger partial charge in [-0.15, -0.1) is 5.10 Å². The van der Waals surface area contributed by atoms with E-state index >= 15 is 0 Å². The third-order valence-electron chi connectivity index (χ3n) is 2.27. The summed E-state index contributed by atoms with van der Waals surface area (Å²) in [5, 5.41) is 7.30. The number of hydrogen-bond donors (Lipinski definition) is 1. The van der Waals surface area contributed by atoms with Gasteiger partial charge in [0, 0.05) is 5.56 Å². The number of rotatable bonds is 2. The minimum atomic E-state index is -4.38. The van der Waals surface area contributed by atoms with Crippen molar-refractivity contribution < 1.29 is 13.2 Å². The summed E-state index contributed by atoms with van der Waals surface area (Å²) in [6, 6.07) is 4.87. The number of nitrogens with two attached hydrogens (primary N) is 1. The first kappa shape index (κ1) is 12.4. The molecule has 4 nitrogen and oxygen atoms in total. The van der Waals surface area contributed by atoms with Gasteiger partial charge in [0.15, 0.2) is 5.82 Å². The minimum Gasteiger partial charge on any atom is -0.324 e. The molecule has 0 saturated heterocycles. The van der Waals surface area contributed by atoms with Crippen LogP contribution in [0.3, 0.4) is 0 Å². The summed E-state index contributed by atoms with van der Waals surface area (Å²) < 4.78 is 37.7. The van der Waals surface area contributed by atoms with Crippen molar-refractivity contribution in [2.75, 3.05) is 0 Å². The van der Waals surface area contributed by atoms with E-state index in [1.165, 1.54) is 18.3 Å². The number of benzene rings is 1. The topological polar surface area (TPSA) is 64.7 Å². The first-order valence-electron chi connectivity index (χ1n) is 5.07. The van der Waals surface area contributed by atoms with E-state index in [0.29, 0.717) is 11.3 Å². The van der Waals surface area contributed by atoms with Crippen LogP contribution in [0.25, 0.3) is 11.3 Å². The van der Waals surface area contributed by atoms with Gasteiger partial charge in [-0.2, -0.15) is 18.3 Å². The van der Waals surface area contributed by atoms with Crippen molar-refractivity contribution in [1.29, 1.82) is 0 Å². The SMILES string of the molecule is NCc1nncc(-c2cccc(C(F)(F)F)c2)n1. The molecular weight excluding hydrogens is 245 g/mol. The molecule has 2 rings (SSSR count). The number of alkyl halides is 3. The molecule has 2 aromatic rings. The van der Waals surface area contributed by atoms with Crippen LogP contribution in [0, 0.1) is 0 Å². The summed E-state index contributed by atoms with van der Waals surface area (Å²) in [7, 11) is 0. The Bertz CT molecular complexity index is 554. The molecule has 18 heavy (non-hydrogen) atoms. The van der Waals surface area contributed by atoms with Crippen LogP contribution in [-0.2, 0) is 12.7 Å². The molecule has 1 aromatic carbocycles. The predicted molar refractivity (Wildman–Crippen MR) is 58.2 cm³/mol. The third-order valence-corrected chi connectivity index (χ3v) is 2.27. The highest BCUT2D eigenvalue weighted by atomic mass is 19.4. The average molecular weight is 254 g/mol. The third kappa shape index (κ3) is 2.62. The van der Waals surface area contributed by atoms with E-state index in [9.17, 15) is 13.2 Å². The summed E-state index contributed by atoms with van der Waals surface area (Å²) in [6.07, 6.45) is -3.08. The van der Waals surface area contributed by atoms with Crippen LogP contribution in [0.4, 0.5) is 13.2 Å². The molecule has 1 aromatic heterocycles. The highest BCUT2D eigenvalue weighted by Gasteiger charge is 2.30. The molecule has 0 spiro atoms. The summed E-state index contributed by atoms with van der Waals surface area (Å²) in [4.78, 5) is 4.02. The fraction of sp³-hybridized carbons (Fsp3) is 0.182. The molecule has 7 heteroatoms. The Morgan fingerprint density at radius 2 is 2.00 bits per heavy atom. The van der Waals surface area contributed by atoms with Crippen LogP contribution in [0.2, 0.25) is 0 Å². The van der Waals surface area contributed by atoms with Crippen molar-refractivity contribution in [3.63, 3.8) is 0 Å². The second-order valence-electron chi connectivity index (χ2n) is 3.54. The Labute approximate surface area is 101 Å². The molecule has 0 fully saturated rings. The zero-order chi connectivity index (χ0) is 13.2. The van der Waals surface area contributed by atoms with Gasteiger partial charge >= 0.3 is 6.18 Å². The van der Waals surface area contributed by atoms with Crippen molar-refractivity contribution in [1.82, 2.24) is 15.2 Å². The quantitative estimate of drug-likeness (QED) is 0.890. The largest absolute Gasteiger partial charge is 0.416 e. The fourth-order valence-corrected chi connectivity index (χ4v) is 1.42. The lowest BCUT2D eigenvalue weighted by Crippen LogP contribution is -2.06. The van der Waals surface area contributed by atoms with Crippen LogP contribution in [0.15, 0.2) is 30.5 Å². The monoisotopic (exact) mass is 254 g/mol. The smallest absolute Gasteiger partial charge is 0.324 e. The van der Waals surface area contributed by atoms with Crippen molar-refractivity contribution in [2.24, 2.45) is 5.73 Å².